The number of likely N-dealkylation sites (N-methyl/N-ethyl adjacent to an activating group) is 1. The number of carbonyl (C=O) groups excluding carboxylic acids is 2. The highest BCUT2D eigenvalue weighted by molar-refractivity contribution is 5.88. The van der Waals surface area contributed by atoms with E-state index in [0.29, 0.717) is 19.5 Å². The average Bonchev–Trinajstić information content (AvgIpc) is 2.95. The van der Waals surface area contributed by atoms with E-state index in [1.165, 1.54) is 0 Å². The van der Waals surface area contributed by atoms with Crippen LogP contribution in [0.15, 0.2) is 30.6 Å². The van der Waals surface area contributed by atoms with Crippen molar-refractivity contribution >= 4 is 17.5 Å². The van der Waals surface area contributed by atoms with Gasteiger partial charge in [0.15, 0.2) is 0 Å². The van der Waals surface area contributed by atoms with Gasteiger partial charge in [-0.05, 0) is 19.2 Å². The lowest BCUT2D eigenvalue weighted by Gasteiger charge is -2.31. The van der Waals surface area contributed by atoms with Crippen LogP contribution in [0.25, 0.3) is 5.65 Å². The maximum atomic E-state index is 12.1. The smallest absolute Gasteiger partial charge is 0.237 e. The van der Waals surface area contributed by atoms with Gasteiger partial charge in [0.25, 0.3) is 0 Å². The van der Waals surface area contributed by atoms with E-state index in [4.69, 9.17) is 0 Å². The fraction of sp³-hybridized carbons (Fsp3) is 0.438. The number of pyridine rings is 1. The van der Waals surface area contributed by atoms with Crippen molar-refractivity contribution in [3.63, 3.8) is 0 Å². The Kier molecular flexibility index (Phi) is 4.57. The number of aromatic nitrogens is 2. The van der Waals surface area contributed by atoms with Crippen LogP contribution in [-0.4, -0.2) is 58.8 Å². The van der Waals surface area contributed by atoms with Gasteiger partial charge in [0.05, 0.1) is 12.5 Å². The summed E-state index contributed by atoms with van der Waals surface area (Å²) in [5, 5.41) is 5.68. The predicted molar refractivity (Wildman–Crippen MR) is 86.0 cm³/mol. The fourth-order valence-corrected chi connectivity index (χ4v) is 2.83. The van der Waals surface area contributed by atoms with Crippen LogP contribution in [0.2, 0.25) is 0 Å². The van der Waals surface area contributed by atoms with Gasteiger partial charge in [-0.2, -0.15) is 0 Å². The summed E-state index contributed by atoms with van der Waals surface area (Å²) >= 11 is 0. The molecule has 2 amide bonds. The molecule has 23 heavy (non-hydrogen) atoms. The monoisotopic (exact) mass is 315 g/mol. The van der Waals surface area contributed by atoms with Crippen LogP contribution in [0.1, 0.15) is 12.1 Å². The third-order valence-electron chi connectivity index (χ3n) is 4.17. The standard InChI is InChI=1S/C16H21N5O2/c1-20-9-7-18-16(23)13(20)10-15(22)17-6-5-12-11-19-14-4-2-3-8-21(12)14/h2-4,8,11,13H,5-7,9-10H2,1H3,(H,17,22)(H,18,23)/t13-/m1/s1. The first-order chi connectivity index (χ1) is 11.1. The Morgan fingerprint density at radius 1 is 1.48 bits per heavy atom. The van der Waals surface area contributed by atoms with Gasteiger partial charge < -0.3 is 15.0 Å². The van der Waals surface area contributed by atoms with Crippen molar-refractivity contribution in [2.45, 2.75) is 18.9 Å². The lowest BCUT2D eigenvalue weighted by Crippen LogP contribution is -2.55. The zero-order valence-corrected chi connectivity index (χ0v) is 13.2. The minimum absolute atomic E-state index is 0.0734. The summed E-state index contributed by atoms with van der Waals surface area (Å²) in [6, 6.07) is 5.47. The predicted octanol–water partition coefficient (Wildman–Crippen LogP) is -0.187. The van der Waals surface area contributed by atoms with Crippen molar-refractivity contribution in [3.8, 4) is 0 Å². The van der Waals surface area contributed by atoms with Crippen LogP contribution >= 0.6 is 0 Å². The number of hydrogen-bond acceptors (Lipinski definition) is 4. The summed E-state index contributed by atoms with van der Waals surface area (Å²) in [4.78, 5) is 30.1. The quantitative estimate of drug-likeness (QED) is 0.802. The Morgan fingerprint density at radius 2 is 2.35 bits per heavy atom. The number of hydrogen-bond donors (Lipinski definition) is 2. The number of amides is 2. The molecule has 0 spiro atoms. The SMILES string of the molecule is CN1CCNC(=O)[C@H]1CC(=O)NCCc1cnc2ccccn12. The Bertz CT molecular complexity index is 711. The van der Waals surface area contributed by atoms with E-state index in [9.17, 15) is 9.59 Å². The van der Waals surface area contributed by atoms with Gasteiger partial charge in [-0.3, -0.25) is 14.5 Å². The van der Waals surface area contributed by atoms with Crippen LogP contribution in [-0.2, 0) is 16.0 Å². The minimum Gasteiger partial charge on any atom is -0.356 e. The Hall–Kier alpha value is -2.41. The van der Waals surface area contributed by atoms with E-state index < -0.39 is 0 Å². The van der Waals surface area contributed by atoms with Crippen LogP contribution in [0.3, 0.4) is 0 Å². The largest absolute Gasteiger partial charge is 0.356 e. The van der Waals surface area contributed by atoms with E-state index >= 15 is 0 Å². The van der Waals surface area contributed by atoms with Gasteiger partial charge in [0.2, 0.25) is 11.8 Å². The number of imidazole rings is 1. The molecule has 0 aromatic carbocycles. The molecule has 3 heterocycles. The molecule has 2 aromatic heterocycles. The summed E-state index contributed by atoms with van der Waals surface area (Å²) in [6.07, 6.45) is 4.67. The van der Waals surface area contributed by atoms with Gasteiger partial charge in [0.1, 0.15) is 5.65 Å². The number of nitrogens with one attached hydrogen (secondary N) is 2. The summed E-state index contributed by atoms with van der Waals surface area (Å²) in [5.41, 5.74) is 1.95. The second-order valence-electron chi connectivity index (χ2n) is 5.77. The third-order valence-corrected chi connectivity index (χ3v) is 4.17. The van der Waals surface area contributed by atoms with E-state index in [1.54, 1.807) is 0 Å². The molecule has 1 saturated heterocycles. The highest BCUT2D eigenvalue weighted by atomic mass is 16.2. The second kappa shape index (κ2) is 6.78. The van der Waals surface area contributed by atoms with Crippen molar-refractivity contribution in [1.82, 2.24) is 24.9 Å². The van der Waals surface area contributed by atoms with Gasteiger partial charge in [-0.1, -0.05) is 6.07 Å². The van der Waals surface area contributed by atoms with Gasteiger partial charge in [-0.15, -0.1) is 0 Å². The zero-order chi connectivity index (χ0) is 16.2. The average molecular weight is 315 g/mol. The molecular formula is C16H21N5O2. The molecule has 0 saturated carbocycles. The van der Waals surface area contributed by atoms with Crippen LogP contribution in [0, 0.1) is 0 Å². The number of fused-ring (bicyclic) bond motifs is 1. The molecule has 1 fully saturated rings. The second-order valence-corrected chi connectivity index (χ2v) is 5.77. The fourth-order valence-electron chi connectivity index (χ4n) is 2.83. The first kappa shape index (κ1) is 15.5. The molecule has 1 aliphatic heterocycles. The summed E-state index contributed by atoms with van der Waals surface area (Å²) in [5.74, 6) is -0.177. The Labute approximate surface area is 134 Å². The molecule has 2 N–H and O–H groups in total. The summed E-state index contributed by atoms with van der Waals surface area (Å²) in [6.45, 7) is 1.94. The van der Waals surface area contributed by atoms with Crippen molar-refractivity contribution in [2.75, 3.05) is 26.7 Å². The highest BCUT2D eigenvalue weighted by Crippen LogP contribution is 2.07. The van der Waals surface area contributed by atoms with Crippen molar-refractivity contribution in [2.24, 2.45) is 0 Å². The van der Waals surface area contributed by atoms with Crippen molar-refractivity contribution in [3.05, 3.63) is 36.3 Å². The molecule has 122 valence electrons. The van der Waals surface area contributed by atoms with Crippen LogP contribution in [0.5, 0.6) is 0 Å². The minimum atomic E-state index is -0.375. The topological polar surface area (TPSA) is 78.7 Å². The molecular weight excluding hydrogens is 294 g/mol. The van der Waals surface area contributed by atoms with E-state index in [0.717, 1.165) is 17.9 Å². The maximum absolute atomic E-state index is 12.1. The van der Waals surface area contributed by atoms with Gasteiger partial charge in [0, 0.05) is 44.1 Å². The normalized spacial score (nSPS) is 18.8. The Balaban J connectivity index is 1.50. The first-order valence-corrected chi connectivity index (χ1v) is 7.81. The van der Waals surface area contributed by atoms with Crippen LogP contribution < -0.4 is 10.6 Å². The molecule has 7 heteroatoms. The summed E-state index contributed by atoms with van der Waals surface area (Å²) in [7, 11) is 1.87. The number of nitrogens with zero attached hydrogens (tertiary/aromatic N) is 3. The third kappa shape index (κ3) is 3.50. The van der Waals surface area contributed by atoms with Crippen LogP contribution in [0.4, 0.5) is 0 Å². The lowest BCUT2D eigenvalue weighted by atomic mass is 10.1. The number of carbonyl (C=O) groups is 2. The molecule has 0 unspecified atom stereocenters. The molecule has 0 bridgehead atoms. The Morgan fingerprint density at radius 3 is 3.17 bits per heavy atom. The molecule has 1 atom stereocenters. The summed E-state index contributed by atoms with van der Waals surface area (Å²) < 4.78 is 2.01. The highest BCUT2D eigenvalue weighted by Gasteiger charge is 2.28. The van der Waals surface area contributed by atoms with E-state index in [2.05, 4.69) is 15.6 Å². The molecule has 1 aliphatic rings. The zero-order valence-electron chi connectivity index (χ0n) is 13.2. The van der Waals surface area contributed by atoms with Gasteiger partial charge in [-0.25, -0.2) is 4.98 Å². The lowest BCUT2D eigenvalue weighted by molar-refractivity contribution is -0.133. The van der Waals surface area contributed by atoms with Gasteiger partial charge >= 0.3 is 0 Å². The molecule has 3 rings (SSSR count). The molecule has 2 aromatic rings. The van der Waals surface area contributed by atoms with Crippen molar-refractivity contribution in [1.29, 1.82) is 0 Å². The molecule has 7 nitrogen and oxygen atoms in total. The van der Waals surface area contributed by atoms with E-state index in [1.807, 2.05) is 46.9 Å². The first-order valence-electron chi connectivity index (χ1n) is 7.81. The van der Waals surface area contributed by atoms with E-state index in [-0.39, 0.29) is 24.3 Å². The number of rotatable bonds is 5. The molecule has 0 radical (unpaired) electrons. The number of piperazine rings is 1. The van der Waals surface area contributed by atoms with Crippen molar-refractivity contribution < 1.29 is 9.59 Å². The maximum Gasteiger partial charge on any atom is 0.237 e. The molecule has 0 aliphatic carbocycles.